The van der Waals surface area contributed by atoms with Gasteiger partial charge in [-0.1, -0.05) is 12.1 Å². The molecule has 28 heavy (non-hydrogen) atoms. The van der Waals surface area contributed by atoms with E-state index in [0.717, 1.165) is 0 Å². The molecule has 1 aromatic carbocycles. The zero-order chi connectivity index (χ0) is 20.1. The average Bonchev–Trinajstić information content (AvgIpc) is 2.72. The number of rotatable bonds is 8. The number of hydrogen-bond acceptors (Lipinski definition) is 11. The van der Waals surface area contributed by atoms with Crippen molar-refractivity contribution in [3.63, 3.8) is 0 Å². The monoisotopic (exact) mass is 396 g/mol. The number of fused-ring (bicyclic) bond motifs is 1. The van der Waals surface area contributed by atoms with Gasteiger partial charge in [-0.05, 0) is 12.1 Å². The molecule has 0 saturated carbocycles. The first-order chi connectivity index (χ1) is 13.5. The van der Waals surface area contributed by atoms with E-state index in [0.29, 0.717) is 11.0 Å². The Balaban J connectivity index is 1.43. The van der Waals surface area contributed by atoms with E-state index in [2.05, 4.69) is 20.5 Å². The summed E-state index contributed by atoms with van der Waals surface area (Å²) >= 11 is 0. The van der Waals surface area contributed by atoms with Gasteiger partial charge in [-0.25, -0.2) is 4.98 Å². The number of methoxy groups -OCH3 is 1. The molecule has 0 amide bonds. The second-order valence-corrected chi connectivity index (χ2v) is 6.45. The Labute approximate surface area is 160 Å². The third-order valence-corrected chi connectivity index (χ3v) is 4.35. The number of aliphatic hydroxyl groups excluding tert-OH is 4. The Kier molecular flexibility index (Phi) is 7.02. The highest BCUT2D eigenvalue weighted by molar-refractivity contribution is 5.73. The third kappa shape index (κ3) is 4.89. The van der Waals surface area contributed by atoms with Crippen molar-refractivity contribution in [2.24, 2.45) is 0 Å². The summed E-state index contributed by atoms with van der Waals surface area (Å²) in [5, 5.41) is 50.4. The molecule has 11 heteroatoms. The van der Waals surface area contributed by atoms with Crippen LogP contribution in [0.15, 0.2) is 24.3 Å². The van der Waals surface area contributed by atoms with E-state index >= 15 is 0 Å². The van der Waals surface area contributed by atoms with Gasteiger partial charge >= 0.3 is 0 Å². The van der Waals surface area contributed by atoms with E-state index < -0.39 is 36.8 Å². The number of anilines is 1. The van der Waals surface area contributed by atoms with Crippen LogP contribution >= 0.6 is 0 Å². The molecule has 11 nitrogen and oxygen atoms in total. The summed E-state index contributed by atoms with van der Waals surface area (Å²) in [5.41, 5.74) is 1.35. The van der Waals surface area contributed by atoms with E-state index in [9.17, 15) is 20.4 Å². The van der Waals surface area contributed by atoms with E-state index in [-0.39, 0.29) is 25.7 Å². The van der Waals surface area contributed by atoms with Gasteiger partial charge in [0.05, 0.1) is 24.8 Å². The van der Waals surface area contributed by atoms with Gasteiger partial charge in [0, 0.05) is 13.7 Å². The van der Waals surface area contributed by atoms with Crippen LogP contribution in [0.4, 0.5) is 5.95 Å². The fourth-order valence-electron chi connectivity index (χ4n) is 2.79. The van der Waals surface area contributed by atoms with Crippen molar-refractivity contribution in [3.8, 4) is 0 Å². The second kappa shape index (κ2) is 9.47. The van der Waals surface area contributed by atoms with Crippen molar-refractivity contribution in [3.05, 3.63) is 24.3 Å². The molecule has 6 atom stereocenters. The lowest BCUT2D eigenvalue weighted by Gasteiger charge is -2.39. The molecule has 2 aromatic rings. The SMILES string of the molecule is COC1OC(COCC(O)CNc2nnc3ccccc3n2)C(O)C(O)C1O. The van der Waals surface area contributed by atoms with Crippen LogP contribution in [0.5, 0.6) is 0 Å². The van der Waals surface area contributed by atoms with Crippen molar-refractivity contribution < 1.29 is 34.6 Å². The van der Waals surface area contributed by atoms with E-state index in [1.807, 2.05) is 18.2 Å². The average molecular weight is 396 g/mol. The Morgan fingerprint density at radius 1 is 1.11 bits per heavy atom. The molecular weight excluding hydrogens is 372 g/mol. The predicted molar refractivity (Wildman–Crippen MR) is 96.3 cm³/mol. The first-order valence-corrected chi connectivity index (χ1v) is 8.81. The molecule has 1 aliphatic heterocycles. The van der Waals surface area contributed by atoms with Crippen LogP contribution < -0.4 is 5.32 Å². The quantitative estimate of drug-likeness (QED) is 0.345. The fourth-order valence-corrected chi connectivity index (χ4v) is 2.79. The molecule has 154 valence electrons. The number of hydrogen-bond donors (Lipinski definition) is 5. The van der Waals surface area contributed by atoms with Crippen LogP contribution in [0.1, 0.15) is 0 Å². The summed E-state index contributed by atoms with van der Waals surface area (Å²) in [7, 11) is 1.31. The molecule has 1 aliphatic rings. The molecule has 1 saturated heterocycles. The number of benzene rings is 1. The molecule has 1 fully saturated rings. The molecule has 3 rings (SSSR count). The van der Waals surface area contributed by atoms with Gasteiger partial charge in [0.2, 0.25) is 5.95 Å². The summed E-state index contributed by atoms with van der Waals surface area (Å²) in [4.78, 5) is 4.29. The highest BCUT2D eigenvalue weighted by atomic mass is 16.7. The second-order valence-electron chi connectivity index (χ2n) is 6.45. The molecule has 5 N–H and O–H groups in total. The molecule has 0 radical (unpaired) electrons. The van der Waals surface area contributed by atoms with Gasteiger partial charge in [-0.2, -0.15) is 0 Å². The Morgan fingerprint density at radius 2 is 1.86 bits per heavy atom. The van der Waals surface area contributed by atoms with Gasteiger partial charge in [0.15, 0.2) is 6.29 Å². The first kappa shape index (κ1) is 20.7. The Bertz CT molecular complexity index is 765. The molecule has 0 aliphatic carbocycles. The molecule has 1 aromatic heterocycles. The molecule has 6 unspecified atom stereocenters. The van der Waals surface area contributed by atoms with Crippen LogP contribution in [0.2, 0.25) is 0 Å². The third-order valence-electron chi connectivity index (χ3n) is 4.35. The van der Waals surface area contributed by atoms with Gasteiger partial charge < -0.3 is 40.0 Å². The fraction of sp³-hybridized carbons (Fsp3) is 0.588. The minimum atomic E-state index is -1.42. The van der Waals surface area contributed by atoms with Gasteiger partial charge in [0.25, 0.3) is 0 Å². The summed E-state index contributed by atoms with van der Waals surface area (Å²) in [6, 6.07) is 7.29. The molecule has 2 heterocycles. The van der Waals surface area contributed by atoms with Crippen LogP contribution in [0.3, 0.4) is 0 Å². The lowest BCUT2D eigenvalue weighted by Crippen LogP contribution is -2.59. The number of nitrogens with zero attached hydrogens (tertiary/aromatic N) is 3. The number of aromatic nitrogens is 3. The maximum atomic E-state index is 10.0. The zero-order valence-corrected chi connectivity index (χ0v) is 15.3. The molecule has 0 bridgehead atoms. The zero-order valence-electron chi connectivity index (χ0n) is 15.3. The summed E-state index contributed by atoms with van der Waals surface area (Å²) in [6.07, 6.45) is -6.98. The standard InChI is InChI=1S/C17H24N4O7/c1-26-16-15(25)14(24)13(23)12(28-16)8-27-7-9(22)6-18-17-19-10-4-2-3-5-11(10)20-21-17/h2-5,9,12-16,22-25H,6-8H2,1H3,(H,18,19,21). The smallest absolute Gasteiger partial charge is 0.243 e. The maximum absolute atomic E-state index is 10.0. The molecule has 0 spiro atoms. The highest BCUT2D eigenvalue weighted by Crippen LogP contribution is 2.22. The predicted octanol–water partition coefficient (Wildman–Crippen LogP) is -1.73. The van der Waals surface area contributed by atoms with Crippen molar-refractivity contribution in [1.82, 2.24) is 15.2 Å². The minimum absolute atomic E-state index is 0.0586. The number of nitrogens with one attached hydrogen (secondary N) is 1. The lowest BCUT2D eigenvalue weighted by atomic mass is 9.99. The molecular formula is C17H24N4O7. The van der Waals surface area contributed by atoms with Crippen LogP contribution in [0, 0.1) is 0 Å². The van der Waals surface area contributed by atoms with Crippen LogP contribution in [-0.2, 0) is 14.2 Å². The normalized spacial score (nSPS) is 29.0. The van der Waals surface area contributed by atoms with Crippen molar-refractivity contribution >= 4 is 17.0 Å². The summed E-state index contributed by atoms with van der Waals surface area (Å²) < 4.78 is 15.6. The minimum Gasteiger partial charge on any atom is -0.389 e. The maximum Gasteiger partial charge on any atom is 0.243 e. The van der Waals surface area contributed by atoms with E-state index in [1.165, 1.54) is 7.11 Å². The first-order valence-electron chi connectivity index (χ1n) is 8.81. The highest BCUT2D eigenvalue weighted by Gasteiger charge is 2.43. The number of ether oxygens (including phenoxy) is 3. The van der Waals surface area contributed by atoms with Crippen molar-refractivity contribution in [2.75, 3.05) is 32.2 Å². The lowest BCUT2D eigenvalue weighted by molar-refractivity contribution is -0.296. The number of aliphatic hydroxyl groups is 4. The van der Waals surface area contributed by atoms with Gasteiger partial charge in [-0.15, -0.1) is 10.2 Å². The van der Waals surface area contributed by atoms with Gasteiger partial charge in [-0.3, -0.25) is 0 Å². The Morgan fingerprint density at radius 3 is 2.61 bits per heavy atom. The van der Waals surface area contributed by atoms with Crippen LogP contribution in [0.25, 0.3) is 11.0 Å². The Hall–Kier alpha value is -1.99. The van der Waals surface area contributed by atoms with Crippen molar-refractivity contribution in [2.45, 2.75) is 36.8 Å². The largest absolute Gasteiger partial charge is 0.389 e. The van der Waals surface area contributed by atoms with Crippen molar-refractivity contribution in [1.29, 1.82) is 0 Å². The number of para-hydroxylation sites is 1. The van der Waals surface area contributed by atoms with E-state index in [4.69, 9.17) is 14.2 Å². The topological polar surface area (TPSA) is 159 Å². The summed E-state index contributed by atoms with van der Waals surface area (Å²) in [5.74, 6) is 0.281. The van der Waals surface area contributed by atoms with Gasteiger partial charge in [0.1, 0.15) is 29.9 Å². The summed E-state index contributed by atoms with van der Waals surface area (Å²) in [6.45, 7) is -0.0388. The van der Waals surface area contributed by atoms with Crippen LogP contribution in [-0.4, -0.2) is 99.3 Å². The van der Waals surface area contributed by atoms with E-state index in [1.54, 1.807) is 6.07 Å².